The average Bonchev–Trinajstić information content (AvgIpc) is 2.36. The van der Waals surface area contributed by atoms with Crippen LogP contribution in [0, 0.1) is 10.1 Å². The molecule has 0 aliphatic heterocycles. The molecule has 0 heterocycles. The van der Waals surface area contributed by atoms with Gasteiger partial charge in [0.25, 0.3) is 5.69 Å². The Bertz CT molecular complexity index is 574. The molecule has 1 rings (SSSR count). The maximum absolute atomic E-state index is 11.3. The first-order chi connectivity index (χ1) is 9.66. The minimum atomic E-state index is -1.09. The molecule has 0 atom stereocenters. The van der Waals surface area contributed by atoms with Crippen LogP contribution < -0.4 is 4.90 Å². The van der Waals surface area contributed by atoms with E-state index >= 15 is 0 Å². The van der Waals surface area contributed by atoms with Gasteiger partial charge in [-0.15, -0.1) is 0 Å². The third-order valence-electron chi connectivity index (χ3n) is 3.03. The third-order valence-corrected chi connectivity index (χ3v) is 3.03. The van der Waals surface area contributed by atoms with Gasteiger partial charge in [-0.1, -0.05) is 6.07 Å². The van der Waals surface area contributed by atoms with E-state index in [9.17, 15) is 14.9 Å². The molecule has 0 spiro atoms. The first kappa shape index (κ1) is 16.7. The van der Waals surface area contributed by atoms with Crippen LogP contribution in [0.15, 0.2) is 24.3 Å². The lowest BCUT2D eigenvalue weighted by Crippen LogP contribution is -2.41. The highest BCUT2D eigenvalue weighted by Crippen LogP contribution is 2.33. The summed E-state index contributed by atoms with van der Waals surface area (Å²) in [5.41, 5.74) is 0.734. The Labute approximate surface area is 123 Å². The molecule has 0 saturated heterocycles. The first-order valence-electron chi connectivity index (χ1n) is 6.64. The molecule has 0 bridgehead atoms. The van der Waals surface area contributed by atoms with E-state index in [2.05, 4.69) is 0 Å². The minimum absolute atomic E-state index is 0.0284. The van der Waals surface area contributed by atoms with Crippen molar-refractivity contribution < 1.29 is 14.8 Å². The largest absolute Gasteiger partial charge is 0.478 e. The second kappa shape index (κ2) is 6.39. The number of anilines is 1. The van der Waals surface area contributed by atoms with Gasteiger partial charge in [-0.05, 0) is 45.4 Å². The average molecular weight is 292 g/mol. The summed E-state index contributed by atoms with van der Waals surface area (Å²) in [6, 6.07) is 4.73. The molecule has 0 radical (unpaired) electrons. The highest BCUT2D eigenvalue weighted by Gasteiger charge is 2.26. The minimum Gasteiger partial charge on any atom is -0.478 e. The van der Waals surface area contributed by atoms with E-state index in [0.29, 0.717) is 17.8 Å². The molecule has 1 N–H and O–H groups in total. The fourth-order valence-electron chi connectivity index (χ4n) is 2.19. The van der Waals surface area contributed by atoms with Gasteiger partial charge < -0.3 is 10.0 Å². The Hall–Kier alpha value is -2.37. The smallest absolute Gasteiger partial charge is 0.328 e. The van der Waals surface area contributed by atoms with E-state index in [1.165, 1.54) is 12.1 Å². The fourth-order valence-corrected chi connectivity index (χ4v) is 2.19. The summed E-state index contributed by atoms with van der Waals surface area (Å²) in [5.74, 6) is -1.09. The van der Waals surface area contributed by atoms with Crippen molar-refractivity contribution >= 4 is 23.4 Å². The molecule has 1 aromatic carbocycles. The zero-order valence-electron chi connectivity index (χ0n) is 12.7. The van der Waals surface area contributed by atoms with Gasteiger partial charge in [-0.3, -0.25) is 10.1 Å². The van der Waals surface area contributed by atoms with Crippen LogP contribution in [-0.4, -0.2) is 28.1 Å². The van der Waals surface area contributed by atoms with Crippen molar-refractivity contribution in [1.82, 2.24) is 0 Å². The molecule has 114 valence electrons. The monoisotopic (exact) mass is 292 g/mol. The summed E-state index contributed by atoms with van der Waals surface area (Å²) in [6.07, 6.45) is 2.30. The summed E-state index contributed by atoms with van der Waals surface area (Å²) in [7, 11) is 0. The number of benzene rings is 1. The summed E-state index contributed by atoms with van der Waals surface area (Å²) in [6.45, 7) is 8.53. The first-order valence-corrected chi connectivity index (χ1v) is 6.64. The quantitative estimate of drug-likeness (QED) is 0.511. The zero-order valence-corrected chi connectivity index (χ0v) is 12.7. The number of rotatable bonds is 5. The van der Waals surface area contributed by atoms with Crippen molar-refractivity contribution in [2.75, 3.05) is 11.4 Å². The van der Waals surface area contributed by atoms with E-state index in [-0.39, 0.29) is 11.2 Å². The summed E-state index contributed by atoms with van der Waals surface area (Å²) in [5, 5.41) is 19.9. The van der Waals surface area contributed by atoms with Gasteiger partial charge in [0.1, 0.15) is 5.69 Å². The van der Waals surface area contributed by atoms with Gasteiger partial charge >= 0.3 is 5.97 Å². The molecular weight excluding hydrogens is 272 g/mol. The van der Waals surface area contributed by atoms with Gasteiger partial charge in [0.05, 0.1) is 4.92 Å². The molecule has 0 aliphatic carbocycles. The van der Waals surface area contributed by atoms with E-state index in [0.717, 1.165) is 6.08 Å². The fraction of sp³-hybridized carbons (Fsp3) is 0.400. The Balaban J connectivity index is 3.34. The van der Waals surface area contributed by atoms with Crippen molar-refractivity contribution in [3.8, 4) is 0 Å². The normalized spacial score (nSPS) is 11.6. The van der Waals surface area contributed by atoms with Crippen LogP contribution >= 0.6 is 0 Å². The molecule has 6 nitrogen and oxygen atoms in total. The van der Waals surface area contributed by atoms with Crippen molar-refractivity contribution in [3.05, 3.63) is 40.0 Å². The van der Waals surface area contributed by atoms with Crippen LogP contribution in [0.5, 0.6) is 0 Å². The molecule has 21 heavy (non-hydrogen) atoms. The highest BCUT2D eigenvalue weighted by molar-refractivity contribution is 5.85. The summed E-state index contributed by atoms with van der Waals surface area (Å²) in [4.78, 5) is 23.3. The number of hydrogen-bond donors (Lipinski definition) is 1. The molecule has 0 aliphatic rings. The topological polar surface area (TPSA) is 83.7 Å². The number of carboxylic acids is 1. The summed E-state index contributed by atoms with van der Waals surface area (Å²) >= 11 is 0. The molecule has 0 saturated carbocycles. The lowest BCUT2D eigenvalue weighted by Gasteiger charge is -2.36. The number of nitro groups is 1. The van der Waals surface area contributed by atoms with Gasteiger partial charge in [0.2, 0.25) is 0 Å². The SMILES string of the molecule is CCN(c1ccc(/C=C/C(=O)O)cc1[N+](=O)[O-])C(C)(C)C. The third kappa shape index (κ3) is 4.30. The van der Waals surface area contributed by atoms with Crippen molar-refractivity contribution in [2.45, 2.75) is 33.2 Å². The second-order valence-electron chi connectivity index (χ2n) is 5.59. The van der Waals surface area contributed by atoms with E-state index in [4.69, 9.17) is 5.11 Å². The number of carbonyl (C=O) groups is 1. The number of carboxylic acid groups (broad SMARTS) is 1. The highest BCUT2D eigenvalue weighted by atomic mass is 16.6. The number of hydrogen-bond acceptors (Lipinski definition) is 4. The zero-order chi connectivity index (χ0) is 16.2. The van der Waals surface area contributed by atoms with Crippen LogP contribution in [0.3, 0.4) is 0 Å². The van der Waals surface area contributed by atoms with Gasteiger partial charge in [0, 0.05) is 24.2 Å². The molecule has 0 fully saturated rings. The van der Waals surface area contributed by atoms with Gasteiger partial charge in [0.15, 0.2) is 0 Å². The van der Waals surface area contributed by atoms with Crippen LogP contribution in [0.25, 0.3) is 6.08 Å². The molecule has 0 unspecified atom stereocenters. The Kier molecular flexibility index (Phi) is 5.07. The van der Waals surface area contributed by atoms with Gasteiger partial charge in [-0.2, -0.15) is 0 Å². The van der Waals surface area contributed by atoms with Crippen molar-refractivity contribution in [3.63, 3.8) is 0 Å². The Morgan fingerprint density at radius 1 is 1.43 bits per heavy atom. The lowest BCUT2D eigenvalue weighted by molar-refractivity contribution is -0.384. The maximum Gasteiger partial charge on any atom is 0.328 e. The molecule has 1 aromatic rings. The molecule has 6 heteroatoms. The maximum atomic E-state index is 11.3. The van der Waals surface area contributed by atoms with Crippen LogP contribution in [-0.2, 0) is 4.79 Å². The van der Waals surface area contributed by atoms with E-state index < -0.39 is 10.9 Å². The standard InChI is InChI=1S/C15H20N2O4/c1-5-16(15(2,3)4)12-8-6-11(7-9-14(18)19)10-13(12)17(20)21/h6-10H,5H2,1-4H3,(H,18,19)/b9-7+. The van der Waals surface area contributed by atoms with Crippen molar-refractivity contribution in [1.29, 1.82) is 0 Å². The predicted octanol–water partition coefficient (Wildman–Crippen LogP) is 3.32. The molecule has 0 aromatic heterocycles. The van der Waals surface area contributed by atoms with Crippen molar-refractivity contribution in [2.24, 2.45) is 0 Å². The number of nitro benzene ring substituents is 1. The summed E-state index contributed by atoms with van der Waals surface area (Å²) < 4.78 is 0. The lowest BCUT2D eigenvalue weighted by atomic mass is 10.0. The molecular formula is C15H20N2O4. The Morgan fingerprint density at radius 2 is 2.05 bits per heavy atom. The second-order valence-corrected chi connectivity index (χ2v) is 5.59. The number of nitrogens with zero attached hydrogens (tertiary/aromatic N) is 2. The van der Waals surface area contributed by atoms with Crippen LogP contribution in [0.4, 0.5) is 11.4 Å². The van der Waals surface area contributed by atoms with Gasteiger partial charge in [-0.25, -0.2) is 4.79 Å². The molecule has 0 amide bonds. The predicted molar refractivity (Wildman–Crippen MR) is 82.5 cm³/mol. The number of aliphatic carboxylic acids is 1. The Morgan fingerprint density at radius 3 is 2.48 bits per heavy atom. The van der Waals surface area contributed by atoms with E-state index in [1.54, 1.807) is 12.1 Å². The van der Waals surface area contributed by atoms with Crippen LogP contribution in [0.2, 0.25) is 0 Å². The van der Waals surface area contributed by atoms with Crippen LogP contribution in [0.1, 0.15) is 33.3 Å². The van der Waals surface area contributed by atoms with E-state index in [1.807, 2.05) is 32.6 Å².